The van der Waals surface area contributed by atoms with Crippen molar-refractivity contribution in [1.29, 1.82) is 0 Å². The minimum atomic E-state index is -1.46. The highest BCUT2D eigenvalue weighted by atomic mass is 19.1. The molecule has 0 radical (unpaired) electrons. The van der Waals surface area contributed by atoms with Gasteiger partial charge in [0.2, 0.25) is 5.82 Å². The Labute approximate surface area is 243 Å². The van der Waals surface area contributed by atoms with E-state index in [1.165, 1.54) is 6.07 Å². The molecule has 0 atom stereocenters. The third-order valence-electron chi connectivity index (χ3n) is 7.19. The van der Waals surface area contributed by atoms with E-state index in [1.54, 1.807) is 12.1 Å². The number of benzene rings is 3. The molecule has 0 aliphatic carbocycles. The zero-order valence-electron chi connectivity index (χ0n) is 23.8. The molecule has 1 saturated heterocycles. The van der Waals surface area contributed by atoms with Crippen LogP contribution < -0.4 is 5.32 Å². The Bertz CT molecular complexity index is 1560. The monoisotopic (exact) mass is 572 g/mol. The summed E-state index contributed by atoms with van der Waals surface area (Å²) >= 11 is 0. The van der Waals surface area contributed by atoms with Crippen molar-refractivity contribution >= 4 is 12.1 Å². The van der Waals surface area contributed by atoms with Gasteiger partial charge in [0.15, 0.2) is 5.60 Å². The molecule has 0 saturated carbocycles. The number of nitrogens with one attached hydrogen (secondary N) is 1. The molecule has 3 aromatic carbocycles. The molecule has 4 aromatic rings. The smallest absolute Gasteiger partial charge is 0.450 e. The van der Waals surface area contributed by atoms with E-state index in [0.717, 1.165) is 16.7 Å². The summed E-state index contributed by atoms with van der Waals surface area (Å²) in [7, 11) is 0. The van der Waals surface area contributed by atoms with E-state index in [0.29, 0.717) is 36.6 Å². The van der Waals surface area contributed by atoms with E-state index in [-0.39, 0.29) is 24.5 Å². The molecule has 1 aliphatic rings. The number of ether oxygens (including phenoxy) is 1. The van der Waals surface area contributed by atoms with Gasteiger partial charge in [0.25, 0.3) is 11.8 Å². The van der Waals surface area contributed by atoms with E-state index in [9.17, 15) is 19.1 Å². The topological polar surface area (TPSA) is 118 Å². The molecule has 1 amide bonds. The van der Waals surface area contributed by atoms with E-state index in [2.05, 4.69) is 20.4 Å². The molecule has 42 heavy (non-hydrogen) atoms. The first-order valence-corrected chi connectivity index (χ1v) is 13.8. The Morgan fingerprint density at radius 3 is 2.29 bits per heavy atom. The minimum absolute atomic E-state index is 0.225. The molecule has 0 unspecified atom stereocenters. The summed E-state index contributed by atoms with van der Waals surface area (Å²) in [5.41, 5.74) is 1.65. The lowest BCUT2D eigenvalue weighted by molar-refractivity contribution is -0.149. The third kappa shape index (κ3) is 6.66. The van der Waals surface area contributed by atoms with Crippen LogP contribution in [-0.2, 0) is 16.1 Å². The highest BCUT2D eigenvalue weighted by molar-refractivity contribution is 5.87. The van der Waals surface area contributed by atoms with Crippen molar-refractivity contribution in [3.8, 4) is 34.0 Å². The minimum Gasteiger partial charge on any atom is -0.450 e. The van der Waals surface area contributed by atoms with E-state index >= 15 is 0 Å². The van der Waals surface area contributed by atoms with Gasteiger partial charge in [-0.15, -0.1) is 0 Å². The molecular weight excluding hydrogens is 539 g/mol. The first-order valence-electron chi connectivity index (χ1n) is 13.8. The molecule has 5 rings (SSSR count). The number of halogens is 1. The van der Waals surface area contributed by atoms with Gasteiger partial charge < -0.3 is 19.7 Å². The van der Waals surface area contributed by atoms with Crippen LogP contribution in [0.15, 0.2) is 77.3 Å². The zero-order valence-corrected chi connectivity index (χ0v) is 23.8. The van der Waals surface area contributed by atoms with Gasteiger partial charge in [-0.05, 0) is 44.0 Å². The number of nitrogens with zero attached hydrogens (tertiary/aromatic N) is 3. The molecule has 2 N–H and O–H groups in total. The van der Waals surface area contributed by atoms with Crippen LogP contribution in [0.2, 0.25) is 0 Å². The third-order valence-corrected chi connectivity index (χ3v) is 7.19. The molecule has 1 aliphatic heterocycles. The lowest BCUT2D eigenvalue weighted by atomic mass is 9.88. The first-order chi connectivity index (χ1) is 20.0. The Morgan fingerprint density at radius 2 is 1.67 bits per heavy atom. The number of aromatic nitrogens is 2. The number of carbonyl (C=O) groups is 2. The van der Waals surface area contributed by atoms with Gasteiger partial charge in [0.05, 0.1) is 0 Å². The maximum absolute atomic E-state index is 14.8. The quantitative estimate of drug-likeness (QED) is 0.253. The van der Waals surface area contributed by atoms with Crippen molar-refractivity contribution in [3.63, 3.8) is 0 Å². The Hall–Kier alpha value is -4.57. The van der Waals surface area contributed by atoms with Crippen LogP contribution in [0.4, 0.5) is 9.18 Å². The summed E-state index contributed by atoms with van der Waals surface area (Å²) in [4.78, 5) is 30.9. The van der Waals surface area contributed by atoms with Crippen molar-refractivity contribution in [1.82, 2.24) is 20.4 Å². The normalized spacial score (nSPS) is 15.2. The summed E-state index contributed by atoms with van der Waals surface area (Å²) in [6.45, 7) is 7.15. The van der Waals surface area contributed by atoms with Crippen LogP contribution in [0.3, 0.4) is 0 Å². The number of carboxylic acid groups (broad SMARTS) is 1. The second kappa shape index (κ2) is 11.7. The van der Waals surface area contributed by atoms with Gasteiger partial charge in [-0.2, -0.15) is 4.98 Å². The van der Waals surface area contributed by atoms with Crippen molar-refractivity contribution in [3.05, 3.63) is 84.2 Å². The first kappa shape index (κ1) is 28.9. The summed E-state index contributed by atoms with van der Waals surface area (Å²) in [6.07, 6.45) is -0.933. The van der Waals surface area contributed by atoms with Crippen LogP contribution in [0.25, 0.3) is 34.0 Å². The summed E-state index contributed by atoms with van der Waals surface area (Å²) < 4.78 is 25.4. The number of amides is 1. The molecular formula is C32H33FN4O5. The summed E-state index contributed by atoms with van der Waals surface area (Å²) in [5.74, 6) is -0.163. The van der Waals surface area contributed by atoms with Crippen LogP contribution in [0.5, 0.6) is 0 Å². The Morgan fingerprint density at radius 1 is 1.00 bits per heavy atom. The molecule has 1 aromatic heterocycles. The van der Waals surface area contributed by atoms with Crippen LogP contribution in [-0.4, -0.2) is 56.4 Å². The average molecular weight is 573 g/mol. The second-order valence-electron chi connectivity index (χ2n) is 11.5. The van der Waals surface area contributed by atoms with Gasteiger partial charge in [-0.25, -0.2) is 9.18 Å². The number of rotatable bonds is 7. The van der Waals surface area contributed by atoms with E-state index in [1.807, 2.05) is 75.4 Å². The largest absolute Gasteiger partial charge is 0.506 e. The Kier molecular flexibility index (Phi) is 8.08. The number of carbonyl (C=O) groups excluding carboxylic acids is 1. The molecule has 0 bridgehead atoms. The SMILES string of the molecule is CC(C)(C)NC(=O)C1(OC(=O)O)CCN(Cc2ccc(-c3noc(-c4ccc(-c5ccccc5)c(F)c4)n3)cc2)CC1. The van der Waals surface area contributed by atoms with Gasteiger partial charge in [-0.1, -0.05) is 65.8 Å². The Balaban J connectivity index is 1.22. The summed E-state index contributed by atoms with van der Waals surface area (Å²) in [6, 6.07) is 21.9. The molecule has 218 valence electrons. The van der Waals surface area contributed by atoms with Crippen molar-refractivity contribution in [2.24, 2.45) is 0 Å². The number of hydrogen-bond donors (Lipinski definition) is 2. The highest BCUT2D eigenvalue weighted by Gasteiger charge is 2.46. The van der Waals surface area contributed by atoms with Gasteiger partial charge in [-0.3, -0.25) is 9.69 Å². The number of hydrogen-bond acceptors (Lipinski definition) is 7. The van der Waals surface area contributed by atoms with Crippen LogP contribution in [0, 0.1) is 5.82 Å². The van der Waals surface area contributed by atoms with Gasteiger partial charge in [0.1, 0.15) is 5.82 Å². The molecule has 0 spiro atoms. The van der Waals surface area contributed by atoms with Crippen molar-refractivity contribution < 1.29 is 28.3 Å². The highest BCUT2D eigenvalue weighted by Crippen LogP contribution is 2.30. The number of piperidine rings is 1. The molecule has 9 nitrogen and oxygen atoms in total. The van der Waals surface area contributed by atoms with Crippen LogP contribution in [0.1, 0.15) is 39.2 Å². The number of likely N-dealkylation sites (tertiary alicyclic amines) is 1. The van der Waals surface area contributed by atoms with Gasteiger partial charge in [0, 0.05) is 54.7 Å². The maximum atomic E-state index is 14.8. The fraction of sp³-hybridized carbons (Fsp3) is 0.312. The maximum Gasteiger partial charge on any atom is 0.506 e. The fourth-order valence-corrected chi connectivity index (χ4v) is 5.04. The average Bonchev–Trinajstić information content (AvgIpc) is 3.44. The predicted octanol–water partition coefficient (Wildman–Crippen LogP) is 6.15. The second-order valence-corrected chi connectivity index (χ2v) is 11.5. The standard InChI is InChI=1S/C32H33FN4O5/c1-31(2,3)35-29(38)32(41-30(39)40)15-17-37(18-16-32)20-21-9-11-23(12-10-21)27-34-28(42-36-27)24-13-14-25(26(33)19-24)22-7-5-4-6-8-22/h4-14,19H,15-18,20H2,1-3H3,(H,35,38)(H,39,40). The lowest BCUT2D eigenvalue weighted by Crippen LogP contribution is -2.59. The molecule has 2 heterocycles. The van der Waals surface area contributed by atoms with Crippen LogP contribution >= 0.6 is 0 Å². The fourth-order valence-electron chi connectivity index (χ4n) is 5.04. The van der Waals surface area contributed by atoms with Crippen molar-refractivity contribution in [2.45, 2.75) is 51.3 Å². The van der Waals surface area contributed by atoms with Gasteiger partial charge >= 0.3 is 6.16 Å². The lowest BCUT2D eigenvalue weighted by Gasteiger charge is -2.40. The van der Waals surface area contributed by atoms with E-state index in [4.69, 9.17) is 9.26 Å². The zero-order chi connectivity index (χ0) is 29.9. The summed E-state index contributed by atoms with van der Waals surface area (Å²) in [5, 5.41) is 16.2. The molecule has 10 heteroatoms. The van der Waals surface area contributed by atoms with Crippen molar-refractivity contribution in [2.75, 3.05) is 13.1 Å². The predicted molar refractivity (Wildman–Crippen MR) is 155 cm³/mol. The molecule has 1 fully saturated rings. The van der Waals surface area contributed by atoms with E-state index < -0.39 is 23.2 Å².